The molecule has 11 heavy (non-hydrogen) atoms. The van der Waals surface area contributed by atoms with Crippen LogP contribution in [-0.2, 0) is 21.1 Å². The van der Waals surface area contributed by atoms with Crippen molar-refractivity contribution in [2.75, 3.05) is 0 Å². The summed E-state index contributed by atoms with van der Waals surface area (Å²) in [6.07, 6.45) is 4.44. The van der Waals surface area contributed by atoms with Crippen molar-refractivity contribution in [1.29, 1.82) is 0 Å². The molecular formula is C8H12N2W. The molecule has 3 heteroatoms. The fourth-order valence-corrected chi connectivity index (χ4v) is 0.557. The van der Waals surface area contributed by atoms with Gasteiger partial charge in [-0.2, -0.15) is 0 Å². The summed E-state index contributed by atoms with van der Waals surface area (Å²) in [5.74, 6) is 1.26. The summed E-state index contributed by atoms with van der Waals surface area (Å²) in [5, 5.41) is 0. The molecule has 1 rings (SSSR count). The summed E-state index contributed by atoms with van der Waals surface area (Å²) in [5.41, 5.74) is 0. The van der Waals surface area contributed by atoms with Crippen LogP contribution in [0.3, 0.4) is 0 Å². The van der Waals surface area contributed by atoms with E-state index < -0.39 is 0 Å². The predicted molar refractivity (Wildman–Crippen MR) is 41.4 cm³/mol. The molecule has 0 saturated heterocycles. The van der Waals surface area contributed by atoms with Crippen LogP contribution in [0.25, 0.3) is 0 Å². The molecule has 0 fully saturated rings. The van der Waals surface area contributed by atoms with Crippen molar-refractivity contribution < 1.29 is 21.1 Å². The van der Waals surface area contributed by atoms with Gasteiger partial charge in [-0.05, 0) is 5.92 Å². The zero-order valence-electron chi connectivity index (χ0n) is 7.03. The van der Waals surface area contributed by atoms with Gasteiger partial charge in [0, 0.05) is 5.82 Å². The summed E-state index contributed by atoms with van der Waals surface area (Å²) in [6.45, 7) is 4.12. The first kappa shape index (κ1) is 13.4. The molecule has 0 spiro atoms. The van der Waals surface area contributed by atoms with Gasteiger partial charge in [-0.3, -0.25) is 0 Å². The Labute approximate surface area is 82.7 Å². The van der Waals surface area contributed by atoms with E-state index in [1.807, 2.05) is 0 Å². The number of hydrogen-bond donors (Lipinski definition) is 0. The van der Waals surface area contributed by atoms with Gasteiger partial charge >= 0.3 is 21.1 Å². The van der Waals surface area contributed by atoms with Crippen molar-refractivity contribution in [1.82, 2.24) is 9.97 Å². The minimum atomic E-state index is 0. The van der Waals surface area contributed by atoms with Crippen LogP contribution < -0.4 is 0 Å². The van der Waals surface area contributed by atoms with Gasteiger partial charge in [0.2, 0.25) is 0 Å². The molecule has 1 aromatic rings. The first-order valence-electron chi connectivity index (χ1n) is 2.99. The van der Waals surface area contributed by atoms with Gasteiger partial charge in [-0.15, -0.1) is 6.07 Å². The molecule has 60 valence electrons. The van der Waals surface area contributed by atoms with Crippen LogP contribution in [-0.4, -0.2) is 9.97 Å². The second kappa shape index (κ2) is 6.48. The van der Waals surface area contributed by atoms with E-state index >= 15 is 0 Å². The number of rotatable bonds is 1. The van der Waals surface area contributed by atoms with Gasteiger partial charge in [-0.25, -0.2) is 0 Å². The molecule has 0 saturated carbocycles. The first-order valence-corrected chi connectivity index (χ1v) is 2.99. The molecule has 0 aromatic carbocycles. The molecule has 0 bridgehead atoms. The normalized spacial score (nSPS) is 8.27. The van der Waals surface area contributed by atoms with E-state index in [-0.39, 0.29) is 28.5 Å². The van der Waals surface area contributed by atoms with Gasteiger partial charge in [0.05, 0.1) is 0 Å². The SMILES string of the molecule is CC(C)c1n[c-]ccn1.[CH3-].[W+2]. The number of aromatic nitrogens is 2. The Hall–Kier alpha value is -0.232. The predicted octanol–water partition coefficient (Wildman–Crippen LogP) is 1.85. The second-order valence-corrected chi connectivity index (χ2v) is 2.20. The number of nitrogens with zero attached hydrogens (tertiary/aromatic N) is 2. The topological polar surface area (TPSA) is 25.8 Å². The maximum absolute atomic E-state index is 4.04. The third-order valence-electron chi connectivity index (χ3n) is 1.05. The Morgan fingerprint density at radius 3 is 2.36 bits per heavy atom. The Bertz CT molecular complexity index is 175. The van der Waals surface area contributed by atoms with E-state index in [4.69, 9.17) is 0 Å². The Morgan fingerprint density at radius 2 is 2.09 bits per heavy atom. The molecule has 0 aliphatic heterocycles. The molecule has 2 nitrogen and oxygen atoms in total. The summed E-state index contributed by atoms with van der Waals surface area (Å²) in [6, 6.07) is 1.70. The molecule has 1 aromatic heterocycles. The Morgan fingerprint density at radius 1 is 1.45 bits per heavy atom. The molecule has 0 radical (unpaired) electrons. The van der Waals surface area contributed by atoms with Crippen LogP contribution in [0.4, 0.5) is 0 Å². The van der Waals surface area contributed by atoms with Crippen molar-refractivity contribution in [3.63, 3.8) is 0 Å². The maximum Gasteiger partial charge on any atom is 2.00 e. The van der Waals surface area contributed by atoms with Crippen LogP contribution in [0.15, 0.2) is 12.3 Å². The van der Waals surface area contributed by atoms with Crippen molar-refractivity contribution in [2.45, 2.75) is 19.8 Å². The van der Waals surface area contributed by atoms with Gasteiger partial charge in [0.1, 0.15) is 0 Å². The smallest absolute Gasteiger partial charge is 0.373 e. The average Bonchev–Trinajstić information content (AvgIpc) is 1.90. The maximum atomic E-state index is 4.04. The molecular weight excluding hydrogens is 308 g/mol. The quantitative estimate of drug-likeness (QED) is 0.738. The van der Waals surface area contributed by atoms with Crippen molar-refractivity contribution in [2.24, 2.45) is 0 Å². The first-order chi connectivity index (χ1) is 4.30. The van der Waals surface area contributed by atoms with Crippen LogP contribution in [0.5, 0.6) is 0 Å². The third-order valence-corrected chi connectivity index (χ3v) is 1.05. The monoisotopic (exact) mass is 320 g/mol. The van der Waals surface area contributed by atoms with Crippen molar-refractivity contribution in [3.05, 3.63) is 31.7 Å². The molecule has 0 aliphatic rings. The van der Waals surface area contributed by atoms with Gasteiger partial charge in [0.25, 0.3) is 0 Å². The zero-order valence-corrected chi connectivity index (χ0v) is 9.97. The van der Waals surface area contributed by atoms with Gasteiger partial charge in [0.15, 0.2) is 0 Å². The van der Waals surface area contributed by atoms with Gasteiger partial charge in [-0.1, -0.05) is 26.2 Å². The van der Waals surface area contributed by atoms with E-state index in [2.05, 4.69) is 30.0 Å². The standard InChI is InChI=1S/C7H9N2.CH3.W/c1-6(2)7-8-4-3-5-9-7;;/h3-4,6H,1-2H3;1H3;/q2*-1;+2. The zero-order chi connectivity index (χ0) is 6.69. The van der Waals surface area contributed by atoms with Crippen molar-refractivity contribution in [3.8, 4) is 0 Å². The van der Waals surface area contributed by atoms with E-state index in [0.717, 1.165) is 5.82 Å². The molecule has 0 N–H and O–H groups in total. The fraction of sp³-hybridized carbons (Fsp3) is 0.375. The van der Waals surface area contributed by atoms with Crippen molar-refractivity contribution >= 4 is 0 Å². The van der Waals surface area contributed by atoms with E-state index in [1.54, 1.807) is 12.3 Å². The summed E-state index contributed by atoms with van der Waals surface area (Å²) in [4.78, 5) is 7.98. The van der Waals surface area contributed by atoms with E-state index in [0.29, 0.717) is 5.92 Å². The Balaban J connectivity index is 0. The van der Waals surface area contributed by atoms with Gasteiger partial charge < -0.3 is 17.4 Å². The van der Waals surface area contributed by atoms with Crippen LogP contribution in [0.1, 0.15) is 25.6 Å². The molecule has 0 amide bonds. The minimum absolute atomic E-state index is 0. The Kier molecular flexibility index (Phi) is 7.87. The fourth-order valence-electron chi connectivity index (χ4n) is 0.557. The largest absolute Gasteiger partial charge is 2.00 e. The molecule has 1 heterocycles. The minimum Gasteiger partial charge on any atom is -0.373 e. The van der Waals surface area contributed by atoms with E-state index in [1.165, 1.54) is 0 Å². The summed E-state index contributed by atoms with van der Waals surface area (Å²) >= 11 is 0. The molecule has 0 atom stereocenters. The van der Waals surface area contributed by atoms with Crippen LogP contribution in [0, 0.1) is 13.6 Å². The summed E-state index contributed by atoms with van der Waals surface area (Å²) in [7, 11) is 0. The third kappa shape index (κ3) is 4.26. The van der Waals surface area contributed by atoms with E-state index in [9.17, 15) is 0 Å². The average molecular weight is 320 g/mol. The summed E-state index contributed by atoms with van der Waals surface area (Å²) < 4.78 is 0. The second-order valence-electron chi connectivity index (χ2n) is 2.20. The number of hydrogen-bond acceptors (Lipinski definition) is 2. The van der Waals surface area contributed by atoms with Crippen LogP contribution in [0.2, 0.25) is 0 Å². The molecule has 0 unspecified atom stereocenters. The molecule has 0 aliphatic carbocycles. The van der Waals surface area contributed by atoms with Crippen LogP contribution >= 0.6 is 0 Å².